The molecule has 2 rings (SSSR count). The SMILES string of the molecule is CC(C)(C)c1cc(C(=O)O)cc(NC2CCCC2CO)n1. The summed E-state index contributed by atoms with van der Waals surface area (Å²) in [6, 6.07) is 3.37. The first-order chi connectivity index (χ1) is 9.81. The number of aromatic nitrogens is 1. The predicted octanol–water partition coefficient (Wildman–Crippen LogP) is 2.65. The van der Waals surface area contributed by atoms with Crippen molar-refractivity contribution in [2.75, 3.05) is 11.9 Å². The molecule has 0 spiro atoms. The minimum Gasteiger partial charge on any atom is -0.478 e. The lowest BCUT2D eigenvalue weighted by atomic mass is 9.90. The Balaban J connectivity index is 2.30. The molecule has 3 N–H and O–H groups in total. The van der Waals surface area contributed by atoms with E-state index in [2.05, 4.69) is 10.3 Å². The Morgan fingerprint density at radius 1 is 1.38 bits per heavy atom. The van der Waals surface area contributed by atoms with Gasteiger partial charge in [0.15, 0.2) is 0 Å². The molecular weight excluding hydrogens is 268 g/mol. The Morgan fingerprint density at radius 3 is 2.67 bits per heavy atom. The normalized spacial score (nSPS) is 22.3. The van der Waals surface area contributed by atoms with Gasteiger partial charge in [0.25, 0.3) is 0 Å². The Morgan fingerprint density at radius 2 is 2.10 bits per heavy atom. The summed E-state index contributed by atoms with van der Waals surface area (Å²) in [5, 5.41) is 22.0. The van der Waals surface area contributed by atoms with Gasteiger partial charge in [0.05, 0.1) is 5.56 Å². The fourth-order valence-corrected chi connectivity index (χ4v) is 2.75. The van der Waals surface area contributed by atoms with Gasteiger partial charge in [-0.1, -0.05) is 27.2 Å². The molecule has 0 aromatic carbocycles. The average molecular weight is 292 g/mol. The first-order valence-corrected chi connectivity index (χ1v) is 7.44. The lowest BCUT2D eigenvalue weighted by Crippen LogP contribution is -2.27. The number of rotatable bonds is 4. The van der Waals surface area contributed by atoms with Gasteiger partial charge in [0.1, 0.15) is 5.82 Å². The summed E-state index contributed by atoms with van der Waals surface area (Å²) in [5.41, 5.74) is 0.785. The fourth-order valence-electron chi connectivity index (χ4n) is 2.75. The van der Waals surface area contributed by atoms with Crippen LogP contribution in [0.1, 0.15) is 56.1 Å². The van der Waals surface area contributed by atoms with Crippen LogP contribution >= 0.6 is 0 Å². The molecule has 1 aliphatic carbocycles. The molecule has 5 heteroatoms. The second-order valence-electron chi connectivity index (χ2n) is 6.81. The van der Waals surface area contributed by atoms with E-state index in [0.29, 0.717) is 5.82 Å². The van der Waals surface area contributed by atoms with Crippen LogP contribution in [-0.4, -0.2) is 33.8 Å². The molecule has 0 bridgehead atoms. The number of hydrogen-bond donors (Lipinski definition) is 3. The van der Waals surface area contributed by atoms with Crippen molar-refractivity contribution in [2.45, 2.75) is 51.5 Å². The van der Waals surface area contributed by atoms with Crippen LogP contribution in [0.2, 0.25) is 0 Å². The topological polar surface area (TPSA) is 82.5 Å². The van der Waals surface area contributed by atoms with Gasteiger partial charge in [-0.25, -0.2) is 9.78 Å². The third kappa shape index (κ3) is 3.73. The average Bonchev–Trinajstić information content (AvgIpc) is 2.84. The van der Waals surface area contributed by atoms with E-state index in [1.165, 1.54) is 0 Å². The highest BCUT2D eigenvalue weighted by molar-refractivity contribution is 5.88. The summed E-state index contributed by atoms with van der Waals surface area (Å²) >= 11 is 0. The monoisotopic (exact) mass is 292 g/mol. The highest BCUT2D eigenvalue weighted by atomic mass is 16.4. The number of hydrogen-bond acceptors (Lipinski definition) is 4. The molecule has 5 nitrogen and oxygen atoms in total. The van der Waals surface area contributed by atoms with Crippen LogP contribution in [0.25, 0.3) is 0 Å². The van der Waals surface area contributed by atoms with Gasteiger partial charge in [-0.2, -0.15) is 0 Å². The van der Waals surface area contributed by atoms with Crippen molar-refractivity contribution in [1.29, 1.82) is 0 Å². The molecule has 116 valence electrons. The Hall–Kier alpha value is -1.62. The number of carboxylic acids is 1. The lowest BCUT2D eigenvalue weighted by Gasteiger charge is -2.23. The van der Waals surface area contributed by atoms with Crippen LogP contribution in [0.3, 0.4) is 0 Å². The first-order valence-electron chi connectivity index (χ1n) is 7.44. The summed E-state index contributed by atoms with van der Waals surface area (Å²) in [6.07, 6.45) is 3.06. The standard InChI is InChI=1S/C16H24N2O3/c1-16(2,3)13-7-11(15(20)21)8-14(18-13)17-12-6-4-5-10(12)9-19/h7-8,10,12,19H,4-6,9H2,1-3H3,(H,17,18)(H,20,21). The zero-order chi connectivity index (χ0) is 15.6. The van der Waals surface area contributed by atoms with Gasteiger partial charge in [-0.15, -0.1) is 0 Å². The van der Waals surface area contributed by atoms with Gasteiger partial charge in [-0.05, 0) is 25.0 Å². The summed E-state index contributed by atoms with van der Waals surface area (Å²) in [6.45, 7) is 6.19. The van der Waals surface area contributed by atoms with E-state index in [0.717, 1.165) is 25.0 Å². The lowest BCUT2D eigenvalue weighted by molar-refractivity contribution is 0.0696. The molecule has 1 aromatic heterocycles. The van der Waals surface area contributed by atoms with E-state index in [9.17, 15) is 15.0 Å². The largest absolute Gasteiger partial charge is 0.478 e. The van der Waals surface area contributed by atoms with Crippen molar-refractivity contribution in [3.63, 3.8) is 0 Å². The maximum absolute atomic E-state index is 11.3. The van der Waals surface area contributed by atoms with E-state index in [-0.39, 0.29) is 29.5 Å². The molecule has 1 fully saturated rings. The van der Waals surface area contributed by atoms with E-state index in [4.69, 9.17) is 0 Å². The maximum Gasteiger partial charge on any atom is 0.335 e. The number of anilines is 1. The van der Waals surface area contributed by atoms with Crippen molar-refractivity contribution in [1.82, 2.24) is 4.98 Å². The molecule has 1 aliphatic rings. The van der Waals surface area contributed by atoms with Crippen LogP contribution in [0.5, 0.6) is 0 Å². The number of aliphatic hydroxyl groups is 1. The smallest absolute Gasteiger partial charge is 0.335 e. The highest BCUT2D eigenvalue weighted by Crippen LogP contribution is 2.29. The van der Waals surface area contributed by atoms with E-state index in [1.54, 1.807) is 12.1 Å². The van der Waals surface area contributed by atoms with Crippen molar-refractivity contribution in [3.05, 3.63) is 23.4 Å². The first kappa shape index (κ1) is 15.8. The third-order valence-corrected chi connectivity index (χ3v) is 4.07. The predicted molar refractivity (Wildman–Crippen MR) is 81.7 cm³/mol. The zero-order valence-electron chi connectivity index (χ0n) is 12.9. The van der Waals surface area contributed by atoms with Crippen molar-refractivity contribution >= 4 is 11.8 Å². The molecule has 0 amide bonds. The van der Waals surface area contributed by atoms with Crippen LogP contribution in [0, 0.1) is 5.92 Å². The van der Waals surface area contributed by atoms with Crippen LogP contribution < -0.4 is 5.32 Å². The summed E-state index contributed by atoms with van der Waals surface area (Å²) in [7, 11) is 0. The summed E-state index contributed by atoms with van der Waals surface area (Å²) in [4.78, 5) is 15.9. The zero-order valence-corrected chi connectivity index (χ0v) is 12.9. The molecule has 0 aliphatic heterocycles. The van der Waals surface area contributed by atoms with Crippen molar-refractivity contribution < 1.29 is 15.0 Å². The number of nitrogens with zero attached hydrogens (tertiary/aromatic N) is 1. The Labute approximate surface area is 125 Å². The van der Waals surface area contributed by atoms with Gasteiger partial charge < -0.3 is 15.5 Å². The molecule has 21 heavy (non-hydrogen) atoms. The summed E-state index contributed by atoms with van der Waals surface area (Å²) < 4.78 is 0. The van der Waals surface area contributed by atoms with Gasteiger partial charge in [-0.3, -0.25) is 0 Å². The quantitative estimate of drug-likeness (QED) is 0.794. The van der Waals surface area contributed by atoms with Crippen molar-refractivity contribution in [3.8, 4) is 0 Å². The molecule has 1 heterocycles. The van der Waals surface area contributed by atoms with Crippen LogP contribution in [0.4, 0.5) is 5.82 Å². The van der Waals surface area contributed by atoms with E-state index in [1.807, 2.05) is 20.8 Å². The number of pyridine rings is 1. The number of aromatic carboxylic acids is 1. The minimum atomic E-state index is -0.948. The Kier molecular flexibility index (Phi) is 4.52. The van der Waals surface area contributed by atoms with E-state index < -0.39 is 5.97 Å². The third-order valence-electron chi connectivity index (χ3n) is 4.07. The highest BCUT2D eigenvalue weighted by Gasteiger charge is 2.27. The molecule has 1 saturated carbocycles. The van der Waals surface area contributed by atoms with Crippen LogP contribution in [-0.2, 0) is 5.41 Å². The number of carbonyl (C=O) groups is 1. The molecule has 2 atom stereocenters. The molecule has 2 unspecified atom stereocenters. The van der Waals surface area contributed by atoms with Gasteiger partial charge in [0, 0.05) is 29.7 Å². The maximum atomic E-state index is 11.3. The molecular formula is C16H24N2O3. The molecule has 1 aromatic rings. The fraction of sp³-hybridized carbons (Fsp3) is 0.625. The Bertz CT molecular complexity index is 523. The number of carboxylic acid groups (broad SMARTS) is 1. The van der Waals surface area contributed by atoms with E-state index >= 15 is 0 Å². The van der Waals surface area contributed by atoms with Gasteiger partial charge in [0.2, 0.25) is 0 Å². The number of aliphatic hydroxyl groups excluding tert-OH is 1. The van der Waals surface area contributed by atoms with Gasteiger partial charge >= 0.3 is 5.97 Å². The second kappa shape index (κ2) is 6.02. The molecule has 0 radical (unpaired) electrons. The minimum absolute atomic E-state index is 0.155. The van der Waals surface area contributed by atoms with Crippen molar-refractivity contribution in [2.24, 2.45) is 5.92 Å². The van der Waals surface area contributed by atoms with Crippen LogP contribution in [0.15, 0.2) is 12.1 Å². The molecule has 0 saturated heterocycles. The second-order valence-corrected chi connectivity index (χ2v) is 6.81. The number of nitrogens with one attached hydrogen (secondary N) is 1. The summed E-state index contributed by atoms with van der Waals surface area (Å²) in [5.74, 6) is -0.139.